The van der Waals surface area contributed by atoms with E-state index in [1.54, 1.807) is 18.2 Å². The van der Waals surface area contributed by atoms with Crippen LogP contribution in [0.25, 0.3) is 0 Å². The van der Waals surface area contributed by atoms with Gasteiger partial charge in [-0.05, 0) is 42.8 Å². The van der Waals surface area contributed by atoms with Crippen LogP contribution in [0, 0.1) is 12.7 Å². The summed E-state index contributed by atoms with van der Waals surface area (Å²) in [5, 5.41) is 9.39. The van der Waals surface area contributed by atoms with Crippen molar-refractivity contribution in [3.05, 3.63) is 63.9 Å². The van der Waals surface area contributed by atoms with Crippen LogP contribution >= 0.6 is 11.6 Å². The van der Waals surface area contributed by atoms with Crippen molar-refractivity contribution >= 4 is 17.6 Å². The normalized spacial score (nSPS) is 10.3. The van der Waals surface area contributed by atoms with Crippen LogP contribution in [0.2, 0.25) is 5.02 Å². The smallest absolute Gasteiger partial charge is 0.335 e. The van der Waals surface area contributed by atoms with Gasteiger partial charge in [0.05, 0.1) is 5.56 Å². The Kier molecular flexibility index (Phi) is 4.25. The van der Waals surface area contributed by atoms with Gasteiger partial charge < -0.3 is 9.84 Å². The molecule has 0 saturated carbocycles. The van der Waals surface area contributed by atoms with Gasteiger partial charge in [-0.1, -0.05) is 17.7 Å². The quantitative estimate of drug-likeness (QED) is 0.925. The predicted molar refractivity (Wildman–Crippen MR) is 73.9 cm³/mol. The van der Waals surface area contributed by atoms with Gasteiger partial charge in [-0.2, -0.15) is 0 Å². The van der Waals surface area contributed by atoms with E-state index in [1.165, 1.54) is 12.1 Å². The zero-order chi connectivity index (χ0) is 14.7. The van der Waals surface area contributed by atoms with Gasteiger partial charge in [0.25, 0.3) is 0 Å². The Balaban J connectivity index is 2.10. The second kappa shape index (κ2) is 5.92. The molecule has 0 heterocycles. The average molecular weight is 295 g/mol. The fourth-order valence-electron chi connectivity index (χ4n) is 1.67. The second-order valence-electron chi connectivity index (χ2n) is 4.31. The molecule has 5 heteroatoms. The highest BCUT2D eigenvalue weighted by Crippen LogP contribution is 2.22. The van der Waals surface area contributed by atoms with Crippen molar-refractivity contribution in [3.63, 3.8) is 0 Å². The Bertz CT molecular complexity index is 656. The van der Waals surface area contributed by atoms with E-state index in [1.807, 2.05) is 6.92 Å². The number of hydrogen-bond donors (Lipinski definition) is 1. The standard InChI is InChI=1S/C15H12ClFO3/c1-9-6-12(4-5-13(9)16)20-8-11-3-2-10(15(18)19)7-14(11)17/h2-7H,8H2,1H3,(H,18,19). The summed E-state index contributed by atoms with van der Waals surface area (Å²) < 4.78 is 19.2. The zero-order valence-electron chi connectivity index (χ0n) is 10.7. The van der Waals surface area contributed by atoms with Crippen molar-refractivity contribution in [1.29, 1.82) is 0 Å². The lowest BCUT2D eigenvalue weighted by Crippen LogP contribution is -2.02. The predicted octanol–water partition coefficient (Wildman–Crippen LogP) is 4.06. The van der Waals surface area contributed by atoms with Crippen LogP contribution in [-0.4, -0.2) is 11.1 Å². The summed E-state index contributed by atoms with van der Waals surface area (Å²) in [6, 6.07) is 8.88. The van der Waals surface area contributed by atoms with E-state index in [9.17, 15) is 9.18 Å². The summed E-state index contributed by atoms with van der Waals surface area (Å²) in [5.74, 6) is -1.19. The van der Waals surface area contributed by atoms with E-state index in [0.29, 0.717) is 16.3 Å². The van der Waals surface area contributed by atoms with Crippen molar-refractivity contribution in [1.82, 2.24) is 0 Å². The van der Waals surface area contributed by atoms with E-state index in [2.05, 4.69) is 0 Å². The van der Waals surface area contributed by atoms with Crippen LogP contribution in [0.5, 0.6) is 5.75 Å². The second-order valence-corrected chi connectivity index (χ2v) is 4.72. The molecule has 0 radical (unpaired) electrons. The summed E-state index contributed by atoms with van der Waals surface area (Å²) >= 11 is 5.90. The maximum atomic E-state index is 13.7. The monoisotopic (exact) mass is 294 g/mol. The fourth-order valence-corrected chi connectivity index (χ4v) is 1.78. The van der Waals surface area contributed by atoms with Crippen molar-refractivity contribution < 1.29 is 19.0 Å². The number of halogens is 2. The van der Waals surface area contributed by atoms with E-state index >= 15 is 0 Å². The third-order valence-electron chi connectivity index (χ3n) is 2.82. The summed E-state index contributed by atoms with van der Waals surface area (Å²) in [6.45, 7) is 1.87. The molecule has 20 heavy (non-hydrogen) atoms. The molecule has 0 spiro atoms. The third kappa shape index (κ3) is 3.27. The number of carboxylic acid groups (broad SMARTS) is 1. The molecule has 0 amide bonds. The van der Waals surface area contributed by atoms with Gasteiger partial charge in [-0.3, -0.25) is 0 Å². The lowest BCUT2D eigenvalue weighted by molar-refractivity contribution is 0.0696. The van der Waals surface area contributed by atoms with Gasteiger partial charge in [0.2, 0.25) is 0 Å². The SMILES string of the molecule is Cc1cc(OCc2ccc(C(=O)O)cc2F)ccc1Cl. The molecule has 0 atom stereocenters. The molecule has 0 aliphatic heterocycles. The molecule has 0 fully saturated rings. The maximum Gasteiger partial charge on any atom is 0.335 e. The Morgan fingerprint density at radius 1 is 1.30 bits per heavy atom. The van der Waals surface area contributed by atoms with Gasteiger partial charge in [-0.25, -0.2) is 9.18 Å². The molecule has 2 aromatic rings. The average Bonchev–Trinajstić information content (AvgIpc) is 2.41. The van der Waals surface area contributed by atoms with Gasteiger partial charge in [-0.15, -0.1) is 0 Å². The Labute approximate surface area is 120 Å². The number of aromatic carboxylic acids is 1. The molecule has 2 aromatic carbocycles. The molecule has 3 nitrogen and oxygen atoms in total. The minimum Gasteiger partial charge on any atom is -0.489 e. The van der Waals surface area contributed by atoms with Crippen molar-refractivity contribution in [3.8, 4) is 5.75 Å². The van der Waals surface area contributed by atoms with Crippen molar-refractivity contribution in [2.24, 2.45) is 0 Å². The van der Waals surface area contributed by atoms with Crippen LogP contribution in [-0.2, 0) is 6.61 Å². The first-order valence-corrected chi connectivity index (χ1v) is 6.26. The zero-order valence-corrected chi connectivity index (χ0v) is 11.4. The topological polar surface area (TPSA) is 46.5 Å². The Hall–Kier alpha value is -2.07. The first-order valence-electron chi connectivity index (χ1n) is 5.88. The molecule has 0 aliphatic rings. The highest BCUT2D eigenvalue weighted by atomic mass is 35.5. The van der Waals surface area contributed by atoms with Gasteiger partial charge in [0, 0.05) is 10.6 Å². The number of ether oxygens (including phenoxy) is 1. The molecule has 1 N–H and O–H groups in total. The Morgan fingerprint density at radius 3 is 2.65 bits per heavy atom. The molecular formula is C15H12ClFO3. The summed E-state index contributed by atoms with van der Waals surface area (Å²) in [7, 11) is 0. The Morgan fingerprint density at radius 2 is 2.05 bits per heavy atom. The number of carbonyl (C=O) groups is 1. The van der Waals surface area contributed by atoms with Gasteiger partial charge in [0.15, 0.2) is 0 Å². The summed E-state index contributed by atoms with van der Waals surface area (Å²) in [6.07, 6.45) is 0. The van der Waals surface area contributed by atoms with Crippen LogP contribution in [0.3, 0.4) is 0 Å². The summed E-state index contributed by atoms with van der Waals surface area (Å²) in [4.78, 5) is 10.7. The van der Waals surface area contributed by atoms with E-state index in [-0.39, 0.29) is 12.2 Å². The van der Waals surface area contributed by atoms with Gasteiger partial charge >= 0.3 is 5.97 Å². The summed E-state index contributed by atoms with van der Waals surface area (Å²) in [5.41, 5.74) is 1.07. The molecule has 0 aromatic heterocycles. The molecule has 104 valence electrons. The van der Waals surface area contributed by atoms with E-state index in [0.717, 1.165) is 11.6 Å². The molecule has 0 saturated heterocycles. The lowest BCUT2D eigenvalue weighted by atomic mass is 10.1. The first-order chi connectivity index (χ1) is 9.47. The molecule has 0 aliphatic carbocycles. The fraction of sp³-hybridized carbons (Fsp3) is 0.133. The van der Waals surface area contributed by atoms with E-state index < -0.39 is 11.8 Å². The van der Waals surface area contributed by atoms with Crippen molar-refractivity contribution in [2.45, 2.75) is 13.5 Å². The first kappa shape index (κ1) is 14.3. The minimum atomic E-state index is -1.16. The number of carboxylic acids is 1. The number of rotatable bonds is 4. The molecule has 0 bridgehead atoms. The van der Waals surface area contributed by atoms with E-state index in [4.69, 9.17) is 21.4 Å². The van der Waals surface area contributed by atoms with Crippen LogP contribution < -0.4 is 4.74 Å². The third-order valence-corrected chi connectivity index (χ3v) is 3.25. The number of aryl methyl sites for hydroxylation is 1. The number of hydrogen-bond acceptors (Lipinski definition) is 2. The van der Waals surface area contributed by atoms with Crippen molar-refractivity contribution in [2.75, 3.05) is 0 Å². The van der Waals surface area contributed by atoms with Crippen LogP contribution in [0.4, 0.5) is 4.39 Å². The largest absolute Gasteiger partial charge is 0.489 e. The van der Waals surface area contributed by atoms with Gasteiger partial charge in [0.1, 0.15) is 18.2 Å². The van der Waals surface area contributed by atoms with Crippen LogP contribution in [0.15, 0.2) is 36.4 Å². The highest BCUT2D eigenvalue weighted by molar-refractivity contribution is 6.31. The lowest BCUT2D eigenvalue weighted by Gasteiger charge is -2.09. The van der Waals surface area contributed by atoms with Crippen LogP contribution in [0.1, 0.15) is 21.5 Å². The minimum absolute atomic E-state index is 0.0206. The molecule has 0 unspecified atom stereocenters. The molecule has 2 rings (SSSR count). The highest BCUT2D eigenvalue weighted by Gasteiger charge is 2.09. The number of benzene rings is 2. The molecular weight excluding hydrogens is 283 g/mol. The maximum absolute atomic E-state index is 13.7.